The number of primary amides is 1. The second kappa shape index (κ2) is 8.88. The molecule has 0 aliphatic heterocycles. The number of anilines is 1. The van der Waals surface area contributed by atoms with Gasteiger partial charge >= 0.3 is 0 Å². The number of carbonyl (C=O) groups excluding carboxylic acids is 2. The van der Waals surface area contributed by atoms with E-state index in [-0.39, 0.29) is 11.7 Å². The van der Waals surface area contributed by atoms with Gasteiger partial charge in [0.15, 0.2) is 0 Å². The summed E-state index contributed by atoms with van der Waals surface area (Å²) in [6, 6.07) is 7.59. The number of methoxy groups -OCH3 is 1. The van der Waals surface area contributed by atoms with Gasteiger partial charge in [-0.05, 0) is 42.5 Å². The van der Waals surface area contributed by atoms with Crippen molar-refractivity contribution >= 4 is 39.9 Å². The first-order valence-electron chi connectivity index (χ1n) is 9.35. The summed E-state index contributed by atoms with van der Waals surface area (Å²) in [7, 11) is 1.62. The molecule has 8 nitrogen and oxygen atoms in total. The molecule has 30 heavy (non-hydrogen) atoms. The Bertz CT molecular complexity index is 1080. The number of hydrogen-bond donors (Lipinski definition) is 2. The van der Waals surface area contributed by atoms with Crippen molar-refractivity contribution in [2.75, 3.05) is 18.2 Å². The zero-order valence-electron chi connectivity index (χ0n) is 16.3. The third-order valence-corrected chi connectivity index (χ3v) is 6.74. The smallest absolute Gasteiger partial charge is 0.277 e. The van der Waals surface area contributed by atoms with E-state index >= 15 is 0 Å². The van der Waals surface area contributed by atoms with Crippen molar-refractivity contribution in [2.24, 2.45) is 5.73 Å². The molecule has 0 saturated heterocycles. The molecule has 0 saturated carbocycles. The number of amides is 2. The maximum atomic E-state index is 12.4. The van der Waals surface area contributed by atoms with Crippen molar-refractivity contribution in [2.45, 2.75) is 30.9 Å². The fourth-order valence-corrected chi connectivity index (χ4v) is 5.22. The highest BCUT2D eigenvalue weighted by atomic mass is 32.2. The summed E-state index contributed by atoms with van der Waals surface area (Å²) >= 11 is 2.58. The number of carbonyl (C=O) groups is 2. The predicted molar refractivity (Wildman–Crippen MR) is 114 cm³/mol. The fraction of sp³-hybridized carbons (Fsp3) is 0.300. The number of aryl methyl sites for hydroxylation is 1. The Labute approximate surface area is 181 Å². The quantitative estimate of drug-likeness (QED) is 0.512. The van der Waals surface area contributed by atoms with Gasteiger partial charge in [-0.15, -0.1) is 21.5 Å². The molecular formula is C20H20N4O4S2. The van der Waals surface area contributed by atoms with E-state index in [4.69, 9.17) is 14.9 Å². The molecule has 3 aromatic rings. The average molecular weight is 445 g/mol. The van der Waals surface area contributed by atoms with Gasteiger partial charge in [0, 0.05) is 4.88 Å². The van der Waals surface area contributed by atoms with Crippen molar-refractivity contribution in [3.05, 3.63) is 51.7 Å². The third-order valence-electron chi connectivity index (χ3n) is 4.71. The number of benzene rings is 1. The van der Waals surface area contributed by atoms with Gasteiger partial charge < -0.3 is 20.2 Å². The molecule has 1 aliphatic rings. The summed E-state index contributed by atoms with van der Waals surface area (Å²) < 4.78 is 10.8. The van der Waals surface area contributed by atoms with E-state index in [1.807, 2.05) is 24.3 Å². The maximum absolute atomic E-state index is 12.4. The van der Waals surface area contributed by atoms with E-state index in [0.29, 0.717) is 28.1 Å². The molecule has 2 aromatic heterocycles. The fourth-order valence-electron chi connectivity index (χ4n) is 3.33. The minimum absolute atomic E-state index is 0.0882. The van der Waals surface area contributed by atoms with Crippen LogP contribution in [0.4, 0.5) is 5.00 Å². The first-order chi connectivity index (χ1) is 14.5. The lowest BCUT2D eigenvalue weighted by molar-refractivity contribution is -0.113. The van der Waals surface area contributed by atoms with Crippen molar-refractivity contribution in [3.63, 3.8) is 0 Å². The maximum Gasteiger partial charge on any atom is 0.277 e. The van der Waals surface area contributed by atoms with Gasteiger partial charge in [0.1, 0.15) is 10.8 Å². The first-order valence-corrected chi connectivity index (χ1v) is 11.2. The van der Waals surface area contributed by atoms with Crippen LogP contribution in [0, 0.1) is 0 Å². The number of rotatable bonds is 8. The van der Waals surface area contributed by atoms with Gasteiger partial charge in [-0.3, -0.25) is 9.59 Å². The Balaban J connectivity index is 1.33. The lowest BCUT2D eigenvalue weighted by Crippen LogP contribution is -2.18. The van der Waals surface area contributed by atoms with Crippen LogP contribution in [-0.2, 0) is 24.1 Å². The highest BCUT2D eigenvalue weighted by Gasteiger charge is 2.26. The van der Waals surface area contributed by atoms with Crippen LogP contribution in [0.2, 0.25) is 0 Å². The minimum atomic E-state index is -0.502. The standard InChI is InChI=1S/C20H20N4O4S2/c1-27-12-7-5-11(6-8-12)9-16-23-24-20(28-16)29-10-15(25)22-19-17(18(21)26)13-3-2-4-14(13)30-19/h5-8H,2-4,9-10H2,1H3,(H2,21,26)(H,22,25). The second-order valence-corrected chi connectivity index (χ2v) is 8.78. The van der Waals surface area contributed by atoms with E-state index in [9.17, 15) is 9.59 Å². The molecule has 0 unspecified atom stereocenters. The number of nitrogens with two attached hydrogens (primary N) is 1. The second-order valence-electron chi connectivity index (χ2n) is 6.75. The Morgan fingerprint density at radius 2 is 2.07 bits per heavy atom. The molecule has 1 aliphatic carbocycles. The number of aromatic nitrogens is 2. The van der Waals surface area contributed by atoms with Crippen LogP contribution in [0.15, 0.2) is 33.9 Å². The van der Waals surface area contributed by atoms with E-state index in [0.717, 1.165) is 52.8 Å². The molecule has 0 bridgehead atoms. The van der Waals surface area contributed by atoms with Crippen LogP contribution in [0.5, 0.6) is 5.75 Å². The number of ether oxygens (including phenoxy) is 1. The van der Waals surface area contributed by atoms with Gasteiger partial charge in [-0.1, -0.05) is 23.9 Å². The molecule has 0 fully saturated rings. The van der Waals surface area contributed by atoms with Crippen LogP contribution < -0.4 is 15.8 Å². The molecule has 2 heterocycles. The summed E-state index contributed by atoms with van der Waals surface area (Å²) in [5, 5.41) is 11.7. The lowest BCUT2D eigenvalue weighted by Gasteiger charge is -2.05. The monoisotopic (exact) mass is 444 g/mol. The molecule has 0 spiro atoms. The van der Waals surface area contributed by atoms with Crippen LogP contribution >= 0.6 is 23.1 Å². The number of thioether (sulfide) groups is 1. The highest BCUT2D eigenvalue weighted by Crippen LogP contribution is 2.38. The van der Waals surface area contributed by atoms with E-state index in [2.05, 4.69) is 15.5 Å². The van der Waals surface area contributed by atoms with Crippen molar-refractivity contribution in [3.8, 4) is 5.75 Å². The normalized spacial score (nSPS) is 12.6. The van der Waals surface area contributed by atoms with E-state index in [1.165, 1.54) is 11.3 Å². The van der Waals surface area contributed by atoms with Gasteiger partial charge in [0.05, 0.1) is 24.8 Å². The molecule has 0 atom stereocenters. The molecule has 156 valence electrons. The number of fused-ring (bicyclic) bond motifs is 1. The van der Waals surface area contributed by atoms with Crippen LogP contribution in [0.3, 0.4) is 0 Å². The van der Waals surface area contributed by atoms with Crippen molar-refractivity contribution in [1.82, 2.24) is 10.2 Å². The Kier molecular flexibility index (Phi) is 6.05. The van der Waals surface area contributed by atoms with Crippen LogP contribution in [-0.4, -0.2) is 34.9 Å². The Hall–Kier alpha value is -2.85. The minimum Gasteiger partial charge on any atom is -0.497 e. The van der Waals surface area contributed by atoms with Crippen molar-refractivity contribution in [1.29, 1.82) is 0 Å². The van der Waals surface area contributed by atoms with Crippen LogP contribution in [0.25, 0.3) is 0 Å². The molecular weight excluding hydrogens is 424 g/mol. The summed E-state index contributed by atoms with van der Waals surface area (Å²) in [6.07, 6.45) is 3.26. The largest absolute Gasteiger partial charge is 0.497 e. The summed E-state index contributed by atoms with van der Waals surface area (Å²) in [5.41, 5.74) is 7.97. The lowest BCUT2D eigenvalue weighted by atomic mass is 10.1. The Morgan fingerprint density at radius 1 is 1.27 bits per heavy atom. The molecule has 0 radical (unpaired) electrons. The van der Waals surface area contributed by atoms with Gasteiger partial charge in [0.25, 0.3) is 11.1 Å². The van der Waals surface area contributed by atoms with E-state index < -0.39 is 5.91 Å². The van der Waals surface area contributed by atoms with Crippen LogP contribution in [0.1, 0.15) is 38.7 Å². The van der Waals surface area contributed by atoms with Gasteiger partial charge in [-0.2, -0.15) is 0 Å². The third kappa shape index (κ3) is 4.49. The zero-order valence-corrected chi connectivity index (χ0v) is 17.9. The Morgan fingerprint density at radius 3 is 2.80 bits per heavy atom. The first kappa shape index (κ1) is 20.4. The molecule has 3 N–H and O–H groups in total. The molecule has 1 aromatic carbocycles. The molecule has 10 heteroatoms. The van der Waals surface area contributed by atoms with Crippen molar-refractivity contribution < 1.29 is 18.7 Å². The summed E-state index contributed by atoms with van der Waals surface area (Å²) in [5.74, 6) is 0.579. The average Bonchev–Trinajstić information content (AvgIpc) is 3.43. The predicted octanol–water partition coefficient (Wildman–Crippen LogP) is 3.05. The molecule has 2 amide bonds. The molecule has 4 rings (SSSR count). The number of nitrogens with one attached hydrogen (secondary N) is 1. The SMILES string of the molecule is COc1ccc(Cc2nnc(SCC(=O)Nc3sc4c(c3C(N)=O)CCC4)o2)cc1. The number of thiophene rings is 1. The van der Waals surface area contributed by atoms with Gasteiger partial charge in [0.2, 0.25) is 11.8 Å². The van der Waals surface area contributed by atoms with Gasteiger partial charge in [-0.25, -0.2) is 0 Å². The number of nitrogens with zero attached hydrogens (tertiary/aromatic N) is 2. The highest BCUT2D eigenvalue weighted by molar-refractivity contribution is 7.99. The zero-order chi connectivity index (χ0) is 21.1. The topological polar surface area (TPSA) is 120 Å². The summed E-state index contributed by atoms with van der Waals surface area (Å²) in [6.45, 7) is 0. The summed E-state index contributed by atoms with van der Waals surface area (Å²) in [4.78, 5) is 25.3. The number of hydrogen-bond acceptors (Lipinski definition) is 8. The van der Waals surface area contributed by atoms with E-state index in [1.54, 1.807) is 7.11 Å².